The summed E-state index contributed by atoms with van der Waals surface area (Å²) in [6, 6.07) is 4.20. The maximum atomic E-state index is 12.5. The van der Waals surface area contributed by atoms with E-state index in [-0.39, 0.29) is 0 Å². The van der Waals surface area contributed by atoms with Crippen molar-refractivity contribution in [2.75, 3.05) is 5.32 Å². The van der Waals surface area contributed by atoms with E-state index in [0.29, 0.717) is 11.7 Å². The second-order valence-electron chi connectivity index (χ2n) is 4.30. The van der Waals surface area contributed by atoms with Crippen LogP contribution in [0.25, 0.3) is 0 Å². The minimum absolute atomic E-state index is 0.349. The first kappa shape index (κ1) is 11.3. The minimum atomic E-state index is -4.26. The molecule has 1 aliphatic carbocycles. The molecule has 0 unspecified atom stereocenters. The number of anilines is 1. The molecule has 0 radical (unpaired) electrons. The molecule has 0 atom stereocenters. The lowest BCUT2D eigenvalue weighted by molar-refractivity contribution is -0.137. The summed E-state index contributed by atoms with van der Waals surface area (Å²) in [5.74, 6) is 0. The summed E-state index contributed by atoms with van der Waals surface area (Å²) in [6.07, 6.45) is -0.995. The van der Waals surface area contributed by atoms with Crippen LogP contribution in [0.3, 0.4) is 0 Å². The highest BCUT2D eigenvalue weighted by Crippen LogP contribution is 2.33. The van der Waals surface area contributed by atoms with E-state index in [1.54, 1.807) is 0 Å². The van der Waals surface area contributed by atoms with E-state index in [0.717, 1.165) is 30.9 Å². The second-order valence-corrected chi connectivity index (χ2v) is 4.30. The quantitative estimate of drug-likeness (QED) is 0.808. The van der Waals surface area contributed by atoms with E-state index in [9.17, 15) is 13.2 Å². The molecule has 4 heteroatoms. The van der Waals surface area contributed by atoms with Crippen molar-refractivity contribution in [1.82, 2.24) is 0 Å². The predicted octanol–water partition coefficient (Wildman–Crippen LogP) is 3.98. The highest BCUT2D eigenvalue weighted by Gasteiger charge is 2.31. The van der Waals surface area contributed by atoms with Gasteiger partial charge in [-0.2, -0.15) is 13.2 Å². The van der Waals surface area contributed by atoms with Crippen molar-refractivity contribution < 1.29 is 13.2 Å². The maximum Gasteiger partial charge on any atom is 0.416 e. The summed E-state index contributed by atoms with van der Waals surface area (Å²) in [6.45, 7) is 1.82. The van der Waals surface area contributed by atoms with Gasteiger partial charge in [-0.25, -0.2) is 0 Å². The molecule has 0 saturated heterocycles. The monoisotopic (exact) mass is 229 g/mol. The van der Waals surface area contributed by atoms with Crippen molar-refractivity contribution >= 4 is 5.69 Å². The van der Waals surface area contributed by atoms with E-state index in [4.69, 9.17) is 0 Å². The van der Waals surface area contributed by atoms with Crippen LogP contribution in [0.2, 0.25) is 0 Å². The second kappa shape index (κ2) is 4.00. The van der Waals surface area contributed by atoms with E-state index >= 15 is 0 Å². The van der Waals surface area contributed by atoms with Gasteiger partial charge >= 0.3 is 6.18 Å². The van der Waals surface area contributed by atoms with Gasteiger partial charge in [0.2, 0.25) is 0 Å². The molecule has 0 amide bonds. The van der Waals surface area contributed by atoms with E-state index in [1.165, 1.54) is 12.1 Å². The zero-order valence-electron chi connectivity index (χ0n) is 9.06. The standard InChI is InChI=1S/C12H14F3N/c1-8-5-6-9(12(13,14)15)7-11(8)16-10-3-2-4-10/h5-7,10,16H,2-4H2,1H3. The molecule has 2 rings (SSSR count). The molecule has 1 aromatic carbocycles. The molecule has 1 fully saturated rings. The topological polar surface area (TPSA) is 12.0 Å². The Hall–Kier alpha value is -1.19. The van der Waals surface area contributed by atoms with Crippen molar-refractivity contribution in [2.24, 2.45) is 0 Å². The molecule has 0 bridgehead atoms. The number of aryl methyl sites for hydroxylation is 1. The number of hydrogen-bond acceptors (Lipinski definition) is 1. The zero-order valence-corrected chi connectivity index (χ0v) is 9.06. The van der Waals surface area contributed by atoms with Crippen molar-refractivity contribution in [3.8, 4) is 0 Å². The molecule has 1 saturated carbocycles. The number of halogens is 3. The van der Waals surface area contributed by atoms with Gasteiger partial charge in [0.15, 0.2) is 0 Å². The van der Waals surface area contributed by atoms with Gasteiger partial charge < -0.3 is 5.32 Å². The summed E-state index contributed by atoms with van der Waals surface area (Å²) < 4.78 is 37.5. The highest BCUT2D eigenvalue weighted by molar-refractivity contribution is 5.54. The minimum Gasteiger partial charge on any atom is -0.382 e. The van der Waals surface area contributed by atoms with E-state index in [2.05, 4.69) is 5.32 Å². The van der Waals surface area contributed by atoms with Crippen molar-refractivity contribution in [3.05, 3.63) is 29.3 Å². The molecule has 88 valence electrons. The van der Waals surface area contributed by atoms with Gasteiger partial charge in [-0.1, -0.05) is 6.07 Å². The smallest absolute Gasteiger partial charge is 0.382 e. The average Bonchev–Trinajstić information content (AvgIpc) is 2.11. The van der Waals surface area contributed by atoms with Gasteiger partial charge in [-0.3, -0.25) is 0 Å². The molecule has 0 spiro atoms. The van der Waals surface area contributed by atoms with Crippen LogP contribution in [0.15, 0.2) is 18.2 Å². The Morgan fingerprint density at radius 1 is 1.25 bits per heavy atom. The fourth-order valence-corrected chi connectivity index (χ4v) is 1.73. The van der Waals surface area contributed by atoms with Gasteiger partial charge in [-0.15, -0.1) is 0 Å². The summed E-state index contributed by atoms with van der Waals surface area (Å²) in [4.78, 5) is 0. The predicted molar refractivity (Wildman–Crippen MR) is 57.4 cm³/mol. The maximum absolute atomic E-state index is 12.5. The zero-order chi connectivity index (χ0) is 11.8. The molecular formula is C12H14F3N. The van der Waals surface area contributed by atoms with Crippen LogP contribution in [-0.2, 0) is 6.18 Å². The van der Waals surface area contributed by atoms with E-state index < -0.39 is 11.7 Å². The Bertz CT molecular complexity index is 380. The number of alkyl halides is 3. The molecule has 16 heavy (non-hydrogen) atoms. The first-order valence-electron chi connectivity index (χ1n) is 5.41. The Kier molecular flexibility index (Phi) is 2.82. The first-order chi connectivity index (χ1) is 7.47. The Labute approximate surface area is 92.7 Å². The Balaban J connectivity index is 2.21. The van der Waals surface area contributed by atoms with Gasteiger partial charge in [0.05, 0.1) is 5.56 Å². The third-order valence-electron chi connectivity index (χ3n) is 3.03. The molecule has 1 aromatic rings. The normalized spacial score (nSPS) is 17.0. The molecule has 1 nitrogen and oxygen atoms in total. The van der Waals surface area contributed by atoms with Crippen molar-refractivity contribution in [1.29, 1.82) is 0 Å². The fraction of sp³-hybridized carbons (Fsp3) is 0.500. The molecule has 0 aliphatic heterocycles. The Morgan fingerprint density at radius 3 is 2.44 bits per heavy atom. The van der Waals surface area contributed by atoms with Crippen LogP contribution >= 0.6 is 0 Å². The van der Waals surface area contributed by atoms with Crippen LogP contribution in [0.4, 0.5) is 18.9 Å². The summed E-state index contributed by atoms with van der Waals surface area (Å²) in [7, 11) is 0. The van der Waals surface area contributed by atoms with Crippen LogP contribution in [-0.4, -0.2) is 6.04 Å². The van der Waals surface area contributed by atoms with Gasteiger partial charge in [0, 0.05) is 11.7 Å². The molecular weight excluding hydrogens is 215 g/mol. The third-order valence-corrected chi connectivity index (χ3v) is 3.03. The van der Waals surface area contributed by atoms with Crippen molar-refractivity contribution in [2.45, 2.75) is 38.4 Å². The lowest BCUT2D eigenvalue weighted by atomic mass is 9.92. The van der Waals surface area contributed by atoms with E-state index in [1.807, 2.05) is 6.92 Å². The van der Waals surface area contributed by atoms with Crippen LogP contribution in [0, 0.1) is 6.92 Å². The van der Waals surface area contributed by atoms with Crippen LogP contribution in [0.5, 0.6) is 0 Å². The summed E-state index contributed by atoms with van der Waals surface area (Å²) >= 11 is 0. The van der Waals surface area contributed by atoms with Crippen molar-refractivity contribution in [3.63, 3.8) is 0 Å². The SMILES string of the molecule is Cc1ccc(C(F)(F)F)cc1NC1CCC1. The van der Waals surface area contributed by atoms with Gasteiger partial charge in [0.1, 0.15) is 0 Å². The lowest BCUT2D eigenvalue weighted by Gasteiger charge is -2.28. The number of hydrogen-bond donors (Lipinski definition) is 1. The third kappa shape index (κ3) is 2.31. The molecule has 0 aromatic heterocycles. The van der Waals surface area contributed by atoms with Gasteiger partial charge in [-0.05, 0) is 43.9 Å². The largest absolute Gasteiger partial charge is 0.416 e. The fourth-order valence-electron chi connectivity index (χ4n) is 1.73. The van der Waals surface area contributed by atoms with Crippen LogP contribution < -0.4 is 5.32 Å². The first-order valence-corrected chi connectivity index (χ1v) is 5.41. The summed E-state index contributed by atoms with van der Waals surface area (Å²) in [5.41, 5.74) is 0.888. The molecule has 1 N–H and O–H groups in total. The molecule has 1 aliphatic rings. The Morgan fingerprint density at radius 2 is 1.94 bits per heavy atom. The lowest BCUT2D eigenvalue weighted by Crippen LogP contribution is -2.27. The number of benzene rings is 1. The molecule has 0 heterocycles. The highest BCUT2D eigenvalue weighted by atomic mass is 19.4. The number of nitrogens with one attached hydrogen (secondary N) is 1. The summed E-state index contributed by atoms with van der Waals surface area (Å²) in [5, 5.41) is 3.16. The van der Waals surface area contributed by atoms with Gasteiger partial charge in [0.25, 0.3) is 0 Å². The number of rotatable bonds is 2. The van der Waals surface area contributed by atoms with Crippen LogP contribution in [0.1, 0.15) is 30.4 Å². The average molecular weight is 229 g/mol.